The normalized spacial score (nSPS) is 16.2. The van der Waals surface area contributed by atoms with Crippen LogP contribution in [0.15, 0.2) is 103 Å². The molecule has 0 bridgehead atoms. The van der Waals surface area contributed by atoms with Gasteiger partial charge in [0.25, 0.3) is 5.91 Å². The highest BCUT2D eigenvalue weighted by atomic mass is 16.2. The van der Waals surface area contributed by atoms with E-state index < -0.39 is 18.0 Å². The Hall–Kier alpha value is -4.52. The molecule has 3 atom stereocenters. The van der Waals surface area contributed by atoms with Crippen molar-refractivity contribution in [2.75, 3.05) is 11.9 Å². The Morgan fingerprint density at radius 2 is 1.56 bits per heavy atom. The van der Waals surface area contributed by atoms with E-state index in [-0.39, 0.29) is 23.6 Å². The van der Waals surface area contributed by atoms with Crippen LogP contribution in [-0.4, -0.2) is 36.6 Å². The number of aliphatic imine (C=N–C) groups is 1. The number of fused-ring (bicyclic) bond motifs is 1. The van der Waals surface area contributed by atoms with E-state index in [1.807, 2.05) is 98.8 Å². The zero-order valence-electron chi connectivity index (χ0n) is 23.9. The molecular weight excluding hydrogens is 512 g/mol. The smallest absolute Gasteiger partial charge is 0.272 e. The van der Waals surface area contributed by atoms with Gasteiger partial charge < -0.3 is 15.5 Å². The number of carbonyl (C=O) groups is 3. The van der Waals surface area contributed by atoms with Crippen molar-refractivity contribution in [1.82, 2.24) is 10.6 Å². The highest BCUT2D eigenvalue weighted by molar-refractivity contribution is 6.20. The van der Waals surface area contributed by atoms with Crippen LogP contribution in [-0.2, 0) is 20.9 Å². The molecule has 0 spiro atoms. The van der Waals surface area contributed by atoms with Crippen molar-refractivity contribution < 1.29 is 14.4 Å². The lowest BCUT2D eigenvalue weighted by Gasteiger charge is -2.28. The van der Waals surface area contributed by atoms with Gasteiger partial charge in [0.1, 0.15) is 0 Å². The molecule has 0 aromatic heterocycles. The molecule has 2 N–H and O–H groups in total. The van der Waals surface area contributed by atoms with E-state index >= 15 is 0 Å². The molecule has 7 nitrogen and oxygen atoms in total. The number of para-hydroxylation sites is 1. The Morgan fingerprint density at radius 1 is 0.927 bits per heavy atom. The van der Waals surface area contributed by atoms with Gasteiger partial charge in [-0.1, -0.05) is 98.8 Å². The van der Waals surface area contributed by atoms with Gasteiger partial charge in [-0.25, -0.2) is 4.99 Å². The van der Waals surface area contributed by atoms with E-state index in [1.54, 1.807) is 13.1 Å². The van der Waals surface area contributed by atoms with Crippen LogP contribution in [0.1, 0.15) is 43.4 Å². The van der Waals surface area contributed by atoms with Crippen LogP contribution in [0.5, 0.6) is 0 Å². The molecule has 4 rings (SSSR count). The summed E-state index contributed by atoms with van der Waals surface area (Å²) in [7, 11) is 1.69. The maximum absolute atomic E-state index is 14.0. The van der Waals surface area contributed by atoms with Gasteiger partial charge >= 0.3 is 0 Å². The average molecular weight is 551 g/mol. The van der Waals surface area contributed by atoms with Crippen LogP contribution in [0, 0.1) is 17.8 Å². The molecule has 3 aromatic carbocycles. The monoisotopic (exact) mass is 550 g/mol. The minimum Gasteiger partial charge on any atom is -0.352 e. The first-order valence-corrected chi connectivity index (χ1v) is 14.0. The molecule has 212 valence electrons. The van der Waals surface area contributed by atoms with Crippen LogP contribution in [0.4, 0.5) is 5.69 Å². The Morgan fingerprint density at radius 3 is 2.22 bits per heavy atom. The molecule has 1 aliphatic heterocycles. The number of benzene rings is 3. The molecule has 2 unspecified atom stereocenters. The molecule has 3 amide bonds. The van der Waals surface area contributed by atoms with Gasteiger partial charge in [0, 0.05) is 24.7 Å². The molecule has 7 heteroatoms. The van der Waals surface area contributed by atoms with E-state index in [0.29, 0.717) is 30.8 Å². The van der Waals surface area contributed by atoms with Crippen molar-refractivity contribution in [2.45, 2.75) is 39.4 Å². The summed E-state index contributed by atoms with van der Waals surface area (Å²) in [6.45, 7) is 8.23. The fraction of sp³-hybridized carbons (Fsp3) is 0.294. The first-order chi connectivity index (χ1) is 19.8. The van der Waals surface area contributed by atoms with E-state index in [9.17, 15) is 14.4 Å². The predicted molar refractivity (Wildman–Crippen MR) is 163 cm³/mol. The predicted octanol–water partition coefficient (Wildman–Crippen LogP) is 5.11. The number of hydrogen-bond acceptors (Lipinski definition) is 4. The third-order valence-corrected chi connectivity index (χ3v) is 7.28. The topological polar surface area (TPSA) is 90.9 Å². The third-order valence-electron chi connectivity index (χ3n) is 7.28. The molecule has 3 aromatic rings. The Balaban J connectivity index is 1.64. The summed E-state index contributed by atoms with van der Waals surface area (Å²) in [5.41, 5.74) is 3.94. The van der Waals surface area contributed by atoms with Gasteiger partial charge in [0.15, 0.2) is 0 Å². The van der Waals surface area contributed by atoms with Crippen molar-refractivity contribution in [3.8, 4) is 0 Å². The summed E-state index contributed by atoms with van der Waals surface area (Å²) in [4.78, 5) is 47.4. The molecule has 1 heterocycles. The second-order valence-corrected chi connectivity index (χ2v) is 10.7. The molecule has 1 aliphatic rings. The maximum Gasteiger partial charge on any atom is 0.272 e. The summed E-state index contributed by atoms with van der Waals surface area (Å²) in [6, 6.07) is 26.8. The average Bonchev–Trinajstić information content (AvgIpc) is 3.09. The lowest BCUT2D eigenvalue weighted by molar-refractivity contribution is -0.137. The molecule has 0 aliphatic carbocycles. The number of carbonyl (C=O) groups excluding carboxylic acids is 3. The van der Waals surface area contributed by atoms with Crippen molar-refractivity contribution in [2.24, 2.45) is 22.7 Å². The summed E-state index contributed by atoms with van der Waals surface area (Å²) >= 11 is 0. The first-order valence-electron chi connectivity index (χ1n) is 14.0. The van der Waals surface area contributed by atoms with E-state index in [4.69, 9.17) is 4.99 Å². The van der Waals surface area contributed by atoms with Gasteiger partial charge in [-0.3, -0.25) is 14.4 Å². The zero-order valence-corrected chi connectivity index (χ0v) is 23.9. The van der Waals surface area contributed by atoms with Gasteiger partial charge in [0.2, 0.25) is 18.0 Å². The number of benzodiazepines with no additional fused rings is 1. The number of nitrogens with zero attached hydrogens (tertiary/aromatic N) is 2. The van der Waals surface area contributed by atoms with Gasteiger partial charge in [0.05, 0.1) is 23.2 Å². The number of amides is 3. The minimum absolute atomic E-state index is 0.139. The molecule has 0 saturated heterocycles. The second kappa shape index (κ2) is 13.7. The van der Waals surface area contributed by atoms with Crippen LogP contribution in [0.3, 0.4) is 0 Å². The SMILES string of the molecule is C=CCC(C(=O)NCc1ccccc1)C(CC(C)C)C(=O)N[C@H]1N=C(c2ccccc2)c2ccccc2N(C)C1=O. The molecular formula is C34H38N4O3. The highest BCUT2D eigenvalue weighted by Gasteiger charge is 2.37. The highest BCUT2D eigenvalue weighted by Crippen LogP contribution is 2.29. The van der Waals surface area contributed by atoms with Crippen molar-refractivity contribution >= 4 is 29.1 Å². The fourth-order valence-electron chi connectivity index (χ4n) is 5.20. The minimum atomic E-state index is -1.15. The lowest BCUT2D eigenvalue weighted by atomic mass is 9.82. The first kappa shape index (κ1) is 29.5. The van der Waals surface area contributed by atoms with E-state index in [1.165, 1.54) is 4.90 Å². The number of allylic oxidation sites excluding steroid dienone is 1. The summed E-state index contributed by atoms with van der Waals surface area (Å²) in [6.07, 6.45) is 1.31. The Bertz CT molecular complexity index is 1400. The molecule has 41 heavy (non-hydrogen) atoms. The van der Waals surface area contributed by atoms with E-state index in [2.05, 4.69) is 17.2 Å². The number of nitrogens with one attached hydrogen (secondary N) is 2. The second-order valence-electron chi connectivity index (χ2n) is 10.7. The number of hydrogen-bond donors (Lipinski definition) is 2. The molecule has 0 fully saturated rings. The van der Waals surface area contributed by atoms with Crippen LogP contribution < -0.4 is 15.5 Å². The number of rotatable bonds is 11. The van der Waals surface area contributed by atoms with Gasteiger partial charge in [-0.15, -0.1) is 6.58 Å². The number of anilines is 1. The van der Waals surface area contributed by atoms with Gasteiger partial charge in [-0.2, -0.15) is 0 Å². The van der Waals surface area contributed by atoms with Crippen molar-refractivity contribution in [3.05, 3.63) is 114 Å². The maximum atomic E-state index is 14.0. The summed E-state index contributed by atoms with van der Waals surface area (Å²) < 4.78 is 0. The Kier molecular flexibility index (Phi) is 9.85. The van der Waals surface area contributed by atoms with Crippen LogP contribution in [0.25, 0.3) is 0 Å². The molecule has 0 radical (unpaired) electrons. The van der Waals surface area contributed by atoms with Crippen LogP contribution >= 0.6 is 0 Å². The summed E-state index contributed by atoms with van der Waals surface area (Å²) in [5, 5.41) is 5.91. The number of likely N-dealkylation sites (N-methyl/N-ethyl adjacent to an activating group) is 1. The fourth-order valence-corrected chi connectivity index (χ4v) is 5.20. The quantitative estimate of drug-likeness (QED) is 0.325. The Labute approximate surface area is 242 Å². The zero-order chi connectivity index (χ0) is 29.4. The van der Waals surface area contributed by atoms with Crippen LogP contribution in [0.2, 0.25) is 0 Å². The lowest BCUT2D eigenvalue weighted by Crippen LogP contribution is -2.50. The van der Waals surface area contributed by atoms with E-state index in [0.717, 1.165) is 16.7 Å². The van der Waals surface area contributed by atoms with Gasteiger partial charge in [-0.05, 0) is 30.4 Å². The summed E-state index contributed by atoms with van der Waals surface area (Å²) in [5.74, 6) is -2.14. The van der Waals surface area contributed by atoms with Crippen molar-refractivity contribution in [1.29, 1.82) is 0 Å². The standard InChI is InChI=1S/C34H38N4O3/c1-5-14-26(32(39)35-22-24-15-8-6-9-16-24)28(21-23(2)3)33(40)37-31-34(41)38(4)29-20-13-12-19-27(29)30(36-31)25-17-10-7-11-18-25/h5-13,15-20,23,26,28,31H,1,14,21-22H2,2-4H3,(H,35,39)(H,37,40)/t26?,28?,31-/m1/s1. The van der Waals surface area contributed by atoms with Crippen molar-refractivity contribution in [3.63, 3.8) is 0 Å². The largest absolute Gasteiger partial charge is 0.352 e. The third kappa shape index (κ3) is 7.17. The molecule has 0 saturated carbocycles.